The fraction of sp³-hybridized carbons (Fsp3) is 0.250. The van der Waals surface area contributed by atoms with Crippen molar-refractivity contribution in [2.75, 3.05) is 24.2 Å². The zero-order valence-electron chi connectivity index (χ0n) is 17.4. The first-order valence-electron chi connectivity index (χ1n) is 9.35. The van der Waals surface area contributed by atoms with Crippen molar-refractivity contribution in [2.45, 2.75) is 6.54 Å². The van der Waals surface area contributed by atoms with Crippen molar-refractivity contribution >= 4 is 34.7 Å². The van der Waals surface area contributed by atoms with Gasteiger partial charge in [0.1, 0.15) is 11.4 Å². The molecule has 1 aliphatic heterocycles. The SMILES string of the molecule is [2H]C([2H])([2H])NC(=O)c1nncc(Cl)c1Nc1nccc2c1N(C)Cc1nn(C)nc1-2. The Balaban J connectivity index is 1.78. The first-order valence-corrected chi connectivity index (χ1v) is 8.23. The van der Waals surface area contributed by atoms with Gasteiger partial charge in [0.05, 0.1) is 29.1 Å². The highest BCUT2D eigenvalue weighted by atomic mass is 35.5. The van der Waals surface area contributed by atoms with E-state index in [4.69, 9.17) is 15.7 Å². The van der Waals surface area contributed by atoms with Crippen molar-refractivity contribution < 1.29 is 8.91 Å². The Morgan fingerprint density at radius 2 is 2.22 bits per heavy atom. The minimum absolute atomic E-state index is 0.0822. The quantitative estimate of drug-likeness (QED) is 0.691. The summed E-state index contributed by atoms with van der Waals surface area (Å²) in [6, 6.07) is 1.82. The zero-order chi connectivity index (χ0) is 21.6. The van der Waals surface area contributed by atoms with Gasteiger partial charge in [-0.25, -0.2) is 4.98 Å². The van der Waals surface area contributed by atoms with E-state index in [-0.39, 0.29) is 16.4 Å². The van der Waals surface area contributed by atoms with Gasteiger partial charge in [-0.1, -0.05) is 11.6 Å². The Kier molecular flexibility index (Phi) is 3.32. The van der Waals surface area contributed by atoms with Crippen LogP contribution >= 0.6 is 11.6 Å². The summed E-state index contributed by atoms with van der Waals surface area (Å²) < 4.78 is 21.7. The fourth-order valence-electron chi connectivity index (χ4n) is 3.01. The molecule has 0 aliphatic carbocycles. The van der Waals surface area contributed by atoms with Gasteiger partial charge in [-0.05, 0) is 6.07 Å². The number of fused-ring (bicyclic) bond motifs is 3. The van der Waals surface area contributed by atoms with E-state index in [0.717, 1.165) is 22.6 Å². The first kappa shape index (κ1) is 13.9. The minimum atomic E-state index is -2.69. The maximum Gasteiger partial charge on any atom is 0.273 e. The summed E-state index contributed by atoms with van der Waals surface area (Å²) in [5, 5.41) is 21.2. The average molecular weight is 389 g/mol. The van der Waals surface area contributed by atoms with Gasteiger partial charge < -0.3 is 15.5 Å². The standard InChI is InChI=1S/C16H16ClN9O/c1-18-16(27)13-12(9(17)6-20-22-13)21-15-14-8(4-5-19-15)11-10(7-25(14)2)23-26(3)24-11/h4-6H,7H2,1-3H3,(H,18,27)(H,19,20,21)/i1D3. The second-order valence-electron chi connectivity index (χ2n) is 5.89. The molecule has 10 nitrogen and oxygen atoms in total. The molecule has 3 aromatic rings. The van der Waals surface area contributed by atoms with E-state index in [9.17, 15) is 4.79 Å². The minimum Gasteiger partial charge on any atom is -0.365 e. The molecule has 0 aromatic carbocycles. The van der Waals surface area contributed by atoms with Crippen molar-refractivity contribution in [3.05, 3.63) is 34.9 Å². The third-order valence-corrected chi connectivity index (χ3v) is 4.39. The van der Waals surface area contributed by atoms with E-state index >= 15 is 0 Å². The van der Waals surface area contributed by atoms with Crippen LogP contribution < -0.4 is 15.5 Å². The van der Waals surface area contributed by atoms with E-state index in [1.165, 1.54) is 11.0 Å². The van der Waals surface area contributed by atoms with Crippen LogP contribution in [0.4, 0.5) is 17.2 Å². The highest BCUT2D eigenvalue weighted by Gasteiger charge is 2.28. The molecule has 0 radical (unpaired) electrons. The van der Waals surface area contributed by atoms with Gasteiger partial charge >= 0.3 is 0 Å². The summed E-state index contributed by atoms with van der Waals surface area (Å²) in [6.45, 7) is -2.18. The second kappa shape index (κ2) is 6.47. The van der Waals surface area contributed by atoms with Crippen LogP contribution in [0.25, 0.3) is 11.3 Å². The molecule has 3 aromatic heterocycles. The topological polar surface area (TPSA) is 114 Å². The number of anilines is 3. The summed E-state index contributed by atoms with van der Waals surface area (Å²) in [6.07, 6.45) is 2.83. The molecule has 1 aliphatic rings. The number of hydrogen-bond acceptors (Lipinski definition) is 8. The molecule has 0 atom stereocenters. The van der Waals surface area contributed by atoms with Gasteiger partial charge in [0.2, 0.25) is 0 Å². The maximum absolute atomic E-state index is 12.4. The maximum atomic E-state index is 12.4. The van der Waals surface area contributed by atoms with Gasteiger partial charge in [-0.3, -0.25) is 4.79 Å². The van der Waals surface area contributed by atoms with Crippen LogP contribution in [-0.4, -0.2) is 50.1 Å². The highest BCUT2D eigenvalue weighted by molar-refractivity contribution is 6.34. The summed E-state index contributed by atoms with van der Waals surface area (Å²) in [4.78, 5) is 20.2. The third-order valence-electron chi connectivity index (χ3n) is 4.11. The predicted octanol–water partition coefficient (Wildman–Crippen LogP) is 1.37. The Morgan fingerprint density at radius 1 is 1.37 bits per heavy atom. The summed E-state index contributed by atoms with van der Waals surface area (Å²) >= 11 is 6.25. The lowest BCUT2D eigenvalue weighted by Crippen LogP contribution is -2.24. The van der Waals surface area contributed by atoms with Crippen molar-refractivity contribution in [3.63, 3.8) is 0 Å². The molecule has 1 amide bonds. The molecule has 0 spiro atoms. The number of hydrogen-bond donors (Lipinski definition) is 2. The lowest BCUT2D eigenvalue weighted by atomic mass is 10.0. The van der Waals surface area contributed by atoms with Crippen LogP contribution in [0.5, 0.6) is 0 Å². The highest BCUT2D eigenvalue weighted by Crippen LogP contribution is 2.41. The predicted molar refractivity (Wildman–Crippen MR) is 100 cm³/mol. The monoisotopic (exact) mass is 388 g/mol. The van der Waals surface area contributed by atoms with Crippen LogP contribution in [-0.2, 0) is 13.6 Å². The molecular formula is C16H16ClN9O. The number of aryl methyl sites for hydroxylation is 1. The lowest BCUT2D eigenvalue weighted by Gasteiger charge is -2.28. The van der Waals surface area contributed by atoms with Crippen LogP contribution in [0.15, 0.2) is 18.5 Å². The van der Waals surface area contributed by atoms with Gasteiger partial charge in [0.15, 0.2) is 11.5 Å². The largest absolute Gasteiger partial charge is 0.365 e. The average Bonchev–Trinajstić information content (AvgIpc) is 3.02. The molecule has 0 saturated heterocycles. The lowest BCUT2D eigenvalue weighted by molar-refractivity contribution is 0.0958. The number of pyridine rings is 1. The normalized spacial score (nSPS) is 14.5. The Morgan fingerprint density at radius 3 is 3.04 bits per heavy atom. The summed E-state index contributed by atoms with van der Waals surface area (Å²) in [7, 11) is 3.62. The molecule has 11 heteroatoms. The number of aromatic nitrogens is 6. The van der Waals surface area contributed by atoms with Gasteiger partial charge in [0.25, 0.3) is 5.91 Å². The Hall–Kier alpha value is -3.27. The van der Waals surface area contributed by atoms with E-state index in [0.29, 0.717) is 12.4 Å². The molecule has 2 N–H and O–H groups in total. The number of halogens is 1. The van der Waals surface area contributed by atoms with E-state index < -0.39 is 12.9 Å². The number of rotatable bonds is 3. The molecular weight excluding hydrogens is 370 g/mol. The van der Waals surface area contributed by atoms with Crippen molar-refractivity contribution in [1.82, 2.24) is 35.5 Å². The zero-order valence-corrected chi connectivity index (χ0v) is 15.1. The van der Waals surface area contributed by atoms with Crippen LogP contribution in [0, 0.1) is 0 Å². The fourth-order valence-corrected chi connectivity index (χ4v) is 3.19. The third kappa shape index (κ3) is 2.83. The molecule has 0 unspecified atom stereocenters. The van der Waals surface area contributed by atoms with Gasteiger partial charge in [-0.15, -0.1) is 5.10 Å². The van der Waals surface area contributed by atoms with Crippen LogP contribution in [0.1, 0.15) is 20.3 Å². The van der Waals surface area contributed by atoms with Crippen molar-refractivity contribution in [1.29, 1.82) is 0 Å². The van der Waals surface area contributed by atoms with E-state index in [1.807, 2.05) is 23.3 Å². The number of amides is 1. The van der Waals surface area contributed by atoms with Crippen molar-refractivity contribution in [2.24, 2.45) is 7.05 Å². The molecule has 0 fully saturated rings. The molecule has 4 rings (SSSR count). The van der Waals surface area contributed by atoms with E-state index in [2.05, 4.69) is 30.7 Å². The van der Waals surface area contributed by atoms with Crippen LogP contribution in [0.2, 0.25) is 5.02 Å². The smallest absolute Gasteiger partial charge is 0.273 e. The number of carbonyl (C=O) groups is 1. The second-order valence-corrected chi connectivity index (χ2v) is 6.30. The molecule has 0 saturated carbocycles. The summed E-state index contributed by atoms with van der Waals surface area (Å²) in [5.74, 6) is -0.550. The molecule has 0 bridgehead atoms. The molecule has 4 heterocycles. The van der Waals surface area contributed by atoms with Gasteiger partial charge in [-0.2, -0.15) is 20.1 Å². The summed E-state index contributed by atoms with van der Waals surface area (Å²) in [5.41, 5.74) is 2.90. The first-order chi connectivity index (χ1) is 14.1. The molecule has 138 valence electrons. The van der Waals surface area contributed by atoms with E-state index in [1.54, 1.807) is 13.2 Å². The molecule has 27 heavy (non-hydrogen) atoms. The number of carbonyl (C=O) groups excluding carboxylic acids is 1. The number of nitrogens with zero attached hydrogens (tertiary/aromatic N) is 7. The van der Waals surface area contributed by atoms with Crippen molar-refractivity contribution in [3.8, 4) is 11.3 Å². The Bertz CT molecular complexity index is 1150. The van der Waals surface area contributed by atoms with Gasteiger partial charge in [0, 0.05) is 36.9 Å². The Labute approximate surface area is 163 Å². The van der Waals surface area contributed by atoms with Crippen LogP contribution in [0.3, 0.4) is 0 Å². The number of nitrogens with one attached hydrogen (secondary N) is 2.